The molecule has 2 aromatic rings. The van der Waals surface area contributed by atoms with Crippen molar-refractivity contribution in [2.24, 2.45) is 0 Å². The van der Waals surface area contributed by atoms with E-state index in [2.05, 4.69) is 4.57 Å². The molecule has 0 radical (unpaired) electrons. The lowest BCUT2D eigenvalue weighted by Gasteiger charge is -2.34. The number of para-hydroxylation sites is 1. The number of amides is 1. The van der Waals surface area contributed by atoms with Gasteiger partial charge in [-0.05, 0) is 13.0 Å². The fourth-order valence-corrected chi connectivity index (χ4v) is 4.19. The summed E-state index contributed by atoms with van der Waals surface area (Å²) in [5, 5.41) is 10.0. The first-order valence-electron chi connectivity index (χ1n) is 7.80. The van der Waals surface area contributed by atoms with E-state index < -0.39 is 5.97 Å². The normalized spacial score (nSPS) is 18.3. The van der Waals surface area contributed by atoms with Gasteiger partial charge in [-0.15, -0.1) is 0 Å². The minimum absolute atomic E-state index is 0.00512. The number of fused-ring (bicyclic) bond motifs is 1. The minimum atomic E-state index is -0.855. The molecule has 5 nitrogen and oxygen atoms in total. The van der Waals surface area contributed by atoms with Crippen molar-refractivity contribution in [1.82, 2.24) is 9.47 Å². The minimum Gasteiger partial charge on any atom is -0.481 e. The fraction of sp³-hybridized carbons (Fsp3) is 0.412. The summed E-state index contributed by atoms with van der Waals surface area (Å²) in [5.74, 6) is 0.630. The molecule has 1 amide bonds. The van der Waals surface area contributed by atoms with Crippen LogP contribution in [-0.4, -0.2) is 50.5 Å². The maximum atomic E-state index is 13.0. The van der Waals surface area contributed by atoms with Gasteiger partial charge in [-0.25, -0.2) is 0 Å². The van der Waals surface area contributed by atoms with Crippen LogP contribution in [0, 0.1) is 0 Å². The van der Waals surface area contributed by atoms with E-state index in [0.717, 1.165) is 23.2 Å². The number of carbonyl (C=O) groups is 2. The lowest BCUT2D eigenvalue weighted by molar-refractivity contribution is -0.138. The number of thioether (sulfide) groups is 1. The van der Waals surface area contributed by atoms with E-state index in [0.29, 0.717) is 17.9 Å². The van der Waals surface area contributed by atoms with E-state index in [4.69, 9.17) is 5.11 Å². The van der Waals surface area contributed by atoms with Crippen LogP contribution in [0.25, 0.3) is 10.9 Å². The van der Waals surface area contributed by atoms with E-state index in [1.54, 1.807) is 16.7 Å². The highest BCUT2D eigenvalue weighted by Gasteiger charge is 2.30. The predicted octanol–water partition coefficient (Wildman–Crippen LogP) is 2.69. The molecule has 3 rings (SSSR count). The summed E-state index contributed by atoms with van der Waals surface area (Å²) in [7, 11) is 0. The molecule has 6 heteroatoms. The standard InChI is InChI=1S/C17H20N2O3S/c1-2-18-10-14(13-5-3-4-6-15(13)18)17(22)19-7-8-23-11-12(19)9-16(20)21/h3-6,10,12H,2,7-9,11H2,1H3,(H,20,21). The number of aromatic nitrogens is 1. The van der Waals surface area contributed by atoms with Crippen molar-refractivity contribution < 1.29 is 14.7 Å². The topological polar surface area (TPSA) is 62.5 Å². The third kappa shape index (κ3) is 3.08. The predicted molar refractivity (Wildman–Crippen MR) is 92.0 cm³/mol. The van der Waals surface area contributed by atoms with E-state index >= 15 is 0 Å². The molecule has 1 unspecified atom stereocenters. The van der Waals surface area contributed by atoms with E-state index in [9.17, 15) is 9.59 Å². The number of hydrogen-bond acceptors (Lipinski definition) is 3. The molecule has 23 heavy (non-hydrogen) atoms. The third-order valence-corrected chi connectivity index (χ3v) is 5.35. The first kappa shape index (κ1) is 15.9. The maximum Gasteiger partial charge on any atom is 0.305 e. The Kier molecular flexibility index (Phi) is 4.61. The van der Waals surface area contributed by atoms with Crippen molar-refractivity contribution in [2.75, 3.05) is 18.1 Å². The van der Waals surface area contributed by atoms with Gasteiger partial charge < -0.3 is 14.6 Å². The Bertz CT molecular complexity index is 741. The molecule has 122 valence electrons. The number of aryl methyl sites for hydroxylation is 1. The van der Waals surface area contributed by atoms with Gasteiger partial charge in [-0.1, -0.05) is 18.2 Å². The number of benzene rings is 1. The van der Waals surface area contributed by atoms with Gasteiger partial charge in [-0.3, -0.25) is 9.59 Å². The van der Waals surface area contributed by atoms with Crippen molar-refractivity contribution in [3.63, 3.8) is 0 Å². The number of nitrogens with zero attached hydrogens (tertiary/aromatic N) is 2. The molecule has 0 aliphatic carbocycles. The number of hydrogen-bond donors (Lipinski definition) is 1. The summed E-state index contributed by atoms with van der Waals surface area (Å²) in [6.07, 6.45) is 1.90. The lowest BCUT2D eigenvalue weighted by Crippen LogP contribution is -2.47. The molecule has 2 heterocycles. The van der Waals surface area contributed by atoms with E-state index in [1.165, 1.54) is 0 Å². The van der Waals surface area contributed by atoms with Crippen LogP contribution < -0.4 is 0 Å². The van der Waals surface area contributed by atoms with Crippen molar-refractivity contribution in [1.29, 1.82) is 0 Å². The second kappa shape index (κ2) is 6.66. The van der Waals surface area contributed by atoms with Crippen molar-refractivity contribution in [3.05, 3.63) is 36.0 Å². The third-order valence-electron chi connectivity index (χ3n) is 4.26. The molecule has 1 aromatic carbocycles. The summed E-state index contributed by atoms with van der Waals surface area (Å²) in [4.78, 5) is 25.9. The van der Waals surface area contributed by atoms with Gasteiger partial charge in [0, 0.05) is 41.7 Å². The highest BCUT2D eigenvalue weighted by atomic mass is 32.2. The van der Waals surface area contributed by atoms with Crippen LogP contribution >= 0.6 is 11.8 Å². The quantitative estimate of drug-likeness (QED) is 0.935. The Morgan fingerprint density at radius 2 is 2.13 bits per heavy atom. The Balaban J connectivity index is 1.97. The number of aliphatic carboxylic acids is 1. The molecule has 0 saturated carbocycles. The van der Waals surface area contributed by atoms with Crippen molar-refractivity contribution in [3.8, 4) is 0 Å². The monoisotopic (exact) mass is 332 g/mol. The Hall–Kier alpha value is -1.95. The molecule has 1 saturated heterocycles. The highest BCUT2D eigenvalue weighted by Crippen LogP contribution is 2.26. The Morgan fingerprint density at radius 3 is 2.87 bits per heavy atom. The van der Waals surface area contributed by atoms with Gasteiger partial charge in [0.1, 0.15) is 0 Å². The first-order valence-corrected chi connectivity index (χ1v) is 8.95. The molecule has 1 aromatic heterocycles. The molecule has 1 aliphatic rings. The molecule has 1 atom stereocenters. The van der Waals surface area contributed by atoms with Gasteiger partial charge in [0.15, 0.2) is 0 Å². The number of carboxylic acids is 1. The van der Waals surface area contributed by atoms with Crippen molar-refractivity contribution in [2.45, 2.75) is 25.9 Å². The highest BCUT2D eigenvalue weighted by molar-refractivity contribution is 7.99. The molecule has 1 fully saturated rings. The summed E-state index contributed by atoms with van der Waals surface area (Å²) in [6.45, 7) is 3.45. The zero-order valence-electron chi connectivity index (χ0n) is 13.1. The van der Waals surface area contributed by atoms with Crippen LogP contribution in [0.1, 0.15) is 23.7 Å². The van der Waals surface area contributed by atoms with Crippen LogP contribution in [0.3, 0.4) is 0 Å². The maximum absolute atomic E-state index is 13.0. The average molecular weight is 332 g/mol. The summed E-state index contributed by atoms with van der Waals surface area (Å²) >= 11 is 1.71. The number of carbonyl (C=O) groups excluding carboxylic acids is 1. The van der Waals surface area contributed by atoms with Crippen molar-refractivity contribution >= 4 is 34.5 Å². The van der Waals surface area contributed by atoms with Crippen LogP contribution in [-0.2, 0) is 11.3 Å². The van der Waals surface area contributed by atoms with Gasteiger partial charge in [0.25, 0.3) is 5.91 Å². The number of rotatable bonds is 4. The summed E-state index contributed by atoms with van der Waals surface area (Å²) < 4.78 is 2.06. The molecule has 0 spiro atoms. The van der Waals surface area contributed by atoms with Crippen LogP contribution in [0.4, 0.5) is 0 Å². The summed E-state index contributed by atoms with van der Waals surface area (Å²) in [6, 6.07) is 7.63. The largest absolute Gasteiger partial charge is 0.481 e. The van der Waals surface area contributed by atoms with E-state index in [1.807, 2.05) is 37.4 Å². The fourth-order valence-electron chi connectivity index (χ4n) is 3.13. The average Bonchev–Trinajstić information content (AvgIpc) is 2.93. The molecule has 1 aliphatic heterocycles. The summed E-state index contributed by atoms with van der Waals surface area (Å²) in [5.41, 5.74) is 1.71. The zero-order valence-corrected chi connectivity index (χ0v) is 13.9. The molecule has 0 bridgehead atoms. The van der Waals surface area contributed by atoms with Gasteiger partial charge >= 0.3 is 5.97 Å². The smallest absolute Gasteiger partial charge is 0.305 e. The van der Waals surface area contributed by atoms with Crippen LogP contribution in [0.2, 0.25) is 0 Å². The molecule has 1 N–H and O–H groups in total. The van der Waals surface area contributed by atoms with Crippen LogP contribution in [0.5, 0.6) is 0 Å². The van der Waals surface area contributed by atoms with Gasteiger partial charge in [0.05, 0.1) is 18.0 Å². The molecular formula is C17H20N2O3S. The van der Waals surface area contributed by atoms with E-state index in [-0.39, 0.29) is 18.4 Å². The van der Waals surface area contributed by atoms with Gasteiger partial charge in [-0.2, -0.15) is 11.8 Å². The number of carboxylic acid groups (broad SMARTS) is 1. The Labute approximate surface area is 139 Å². The zero-order chi connectivity index (χ0) is 16.4. The SMILES string of the molecule is CCn1cc(C(=O)N2CCSCC2CC(=O)O)c2ccccc21. The second-order valence-corrected chi connectivity index (χ2v) is 6.82. The Morgan fingerprint density at radius 1 is 1.35 bits per heavy atom. The van der Waals surface area contributed by atoms with Gasteiger partial charge in [0.2, 0.25) is 0 Å². The first-order chi connectivity index (χ1) is 11.1. The second-order valence-electron chi connectivity index (χ2n) is 5.67. The van der Waals surface area contributed by atoms with Crippen LogP contribution in [0.15, 0.2) is 30.5 Å². The lowest BCUT2D eigenvalue weighted by atomic mass is 10.1. The molecular weight excluding hydrogens is 312 g/mol.